The molecular formula is C15H18ClN3S. The molecule has 1 saturated heterocycles. The van der Waals surface area contributed by atoms with Gasteiger partial charge < -0.3 is 0 Å². The summed E-state index contributed by atoms with van der Waals surface area (Å²) >= 11 is 7.66. The number of aryl methyl sites for hydroxylation is 1. The average molecular weight is 308 g/mol. The molecule has 5 heteroatoms. The zero-order valence-corrected chi connectivity index (χ0v) is 13.1. The molecule has 0 aliphatic carbocycles. The summed E-state index contributed by atoms with van der Waals surface area (Å²) in [4.78, 5) is 2.51. The fraction of sp³-hybridized carbons (Fsp3) is 0.467. The van der Waals surface area contributed by atoms with E-state index in [1.54, 1.807) is 11.3 Å². The number of rotatable bonds is 3. The van der Waals surface area contributed by atoms with Crippen LogP contribution in [-0.4, -0.2) is 28.2 Å². The van der Waals surface area contributed by atoms with Gasteiger partial charge in [0.2, 0.25) is 0 Å². The van der Waals surface area contributed by atoms with Crippen LogP contribution in [0.1, 0.15) is 34.3 Å². The summed E-state index contributed by atoms with van der Waals surface area (Å²) in [5.74, 6) is 0.600. The summed E-state index contributed by atoms with van der Waals surface area (Å²) in [6.45, 7) is 5.30. The first kappa shape index (κ1) is 14.0. The van der Waals surface area contributed by atoms with Crippen LogP contribution in [0.15, 0.2) is 24.3 Å². The van der Waals surface area contributed by atoms with Crippen LogP contribution in [0.2, 0.25) is 5.02 Å². The molecule has 1 aromatic heterocycles. The molecule has 3 nitrogen and oxygen atoms in total. The Bertz CT molecular complexity index is 559. The molecule has 0 N–H and O–H groups in total. The second-order valence-corrected chi connectivity index (χ2v) is 6.99. The zero-order valence-electron chi connectivity index (χ0n) is 11.6. The van der Waals surface area contributed by atoms with E-state index in [-0.39, 0.29) is 0 Å². The van der Waals surface area contributed by atoms with Gasteiger partial charge in [0.25, 0.3) is 0 Å². The van der Waals surface area contributed by atoms with Crippen molar-refractivity contribution < 1.29 is 0 Å². The van der Waals surface area contributed by atoms with Crippen molar-refractivity contribution in [3.8, 4) is 0 Å². The third-order valence-electron chi connectivity index (χ3n) is 3.80. The maximum absolute atomic E-state index is 5.92. The molecular weight excluding hydrogens is 290 g/mol. The van der Waals surface area contributed by atoms with Crippen molar-refractivity contribution in [2.75, 3.05) is 13.1 Å². The van der Waals surface area contributed by atoms with E-state index in [1.165, 1.54) is 23.4 Å². The molecule has 0 spiro atoms. The number of aromatic nitrogens is 2. The molecule has 1 aliphatic rings. The predicted molar refractivity (Wildman–Crippen MR) is 83.4 cm³/mol. The van der Waals surface area contributed by atoms with Gasteiger partial charge in [0.05, 0.1) is 0 Å². The van der Waals surface area contributed by atoms with E-state index in [4.69, 9.17) is 11.6 Å². The average Bonchev–Trinajstić information content (AvgIpc) is 2.89. The van der Waals surface area contributed by atoms with E-state index in [0.717, 1.165) is 29.7 Å². The Morgan fingerprint density at radius 3 is 2.50 bits per heavy atom. The highest BCUT2D eigenvalue weighted by Crippen LogP contribution is 2.30. The lowest BCUT2D eigenvalue weighted by molar-refractivity contribution is 0.204. The fourth-order valence-corrected chi connectivity index (χ4v) is 3.66. The number of nitrogens with zero attached hydrogens (tertiary/aromatic N) is 3. The largest absolute Gasteiger partial charge is 0.299 e. The van der Waals surface area contributed by atoms with Gasteiger partial charge in [0.1, 0.15) is 10.0 Å². The molecule has 0 radical (unpaired) electrons. The van der Waals surface area contributed by atoms with Crippen molar-refractivity contribution >= 4 is 22.9 Å². The van der Waals surface area contributed by atoms with E-state index in [9.17, 15) is 0 Å². The quantitative estimate of drug-likeness (QED) is 0.861. The number of likely N-dealkylation sites (tertiary alicyclic amines) is 1. The second kappa shape index (κ2) is 6.20. The highest BCUT2D eigenvalue weighted by Gasteiger charge is 2.23. The lowest BCUT2D eigenvalue weighted by Crippen LogP contribution is -2.32. The first-order valence-corrected chi connectivity index (χ1v) is 8.17. The van der Waals surface area contributed by atoms with E-state index < -0.39 is 0 Å². The molecule has 106 valence electrons. The smallest absolute Gasteiger partial charge is 0.120 e. The van der Waals surface area contributed by atoms with Crippen molar-refractivity contribution in [3.63, 3.8) is 0 Å². The third kappa shape index (κ3) is 3.37. The van der Waals surface area contributed by atoms with Gasteiger partial charge in [-0.05, 0) is 50.6 Å². The van der Waals surface area contributed by atoms with Gasteiger partial charge >= 0.3 is 0 Å². The lowest BCUT2D eigenvalue weighted by atomic mass is 9.97. The topological polar surface area (TPSA) is 29.0 Å². The molecule has 1 fully saturated rings. The van der Waals surface area contributed by atoms with Crippen LogP contribution >= 0.6 is 22.9 Å². The minimum atomic E-state index is 0.600. The second-order valence-electron chi connectivity index (χ2n) is 5.34. The van der Waals surface area contributed by atoms with Gasteiger partial charge in [0, 0.05) is 17.5 Å². The van der Waals surface area contributed by atoms with Crippen molar-refractivity contribution in [3.05, 3.63) is 44.9 Å². The molecule has 1 aromatic carbocycles. The van der Waals surface area contributed by atoms with Crippen LogP contribution in [0.4, 0.5) is 0 Å². The molecule has 0 atom stereocenters. The summed E-state index contributed by atoms with van der Waals surface area (Å²) in [6.07, 6.45) is 2.37. The molecule has 20 heavy (non-hydrogen) atoms. The highest BCUT2D eigenvalue weighted by molar-refractivity contribution is 7.11. The SMILES string of the molecule is Cc1nnc(C2CCN(Cc3ccc(Cl)cc3)CC2)s1. The van der Waals surface area contributed by atoms with Crippen LogP contribution in [0, 0.1) is 6.92 Å². The van der Waals surface area contributed by atoms with Gasteiger partial charge in [-0.3, -0.25) is 4.90 Å². The summed E-state index contributed by atoms with van der Waals surface area (Å²) in [6, 6.07) is 8.16. The minimum absolute atomic E-state index is 0.600. The Kier molecular flexibility index (Phi) is 4.34. The summed E-state index contributed by atoms with van der Waals surface area (Å²) in [7, 11) is 0. The number of halogens is 1. The molecule has 0 saturated carbocycles. The van der Waals surface area contributed by atoms with E-state index in [2.05, 4.69) is 27.2 Å². The summed E-state index contributed by atoms with van der Waals surface area (Å²) < 4.78 is 0. The Morgan fingerprint density at radius 1 is 1.20 bits per heavy atom. The first-order chi connectivity index (χ1) is 9.70. The summed E-state index contributed by atoms with van der Waals surface area (Å²) in [5.41, 5.74) is 1.33. The number of hydrogen-bond donors (Lipinski definition) is 0. The van der Waals surface area contributed by atoms with Gasteiger partial charge in [-0.15, -0.1) is 21.5 Å². The van der Waals surface area contributed by atoms with Crippen LogP contribution in [0.5, 0.6) is 0 Å². The molecule has 0 amide bonds. The monoisotopic (exact) mass is 307 g/mol. The first-order valence-electron chi connectivity index (χ1n) is 6.97. The Hall–Kier alpha value is -0.970. The lowest BCUT2D eigenvalue weighted by Gasteiger charge is -2.30. The number of piperidine rings is 1. The summed E-state index contributed by atoms with van der Waals surface area (Å²) in [5, 5.41) is 11.5. The Labute approximate surface area is 128 Å². The standard InChI is InChI=1S/C15H18ClN3S/c1-11-17-18-15(20-11)13-6-8-19(9-7-13)10-12-2-4-14(16)5-3-12/h2-5,13H,6-10H2,1H3. The molecule has 2 heterocycles. The van der Waals surface area contributed by atoms with Crippen LogP contribution in [-0.2, 0) is 6.54 Å². The molecule has 0 unspecified atom stereocenters. The Balaban J connectivity index is 1.54. The molecule has 1 aliphatic heterocycles. The number of benzene rings is 1. The zero-order chi connectivity index (χ0) is 13.9. The van der Waals surface area contributed by atoms with Crippen molar-refractivity contribution in [1.29, 1.82) is 0 Å². The van der Waals surface area contributed by atoms with Crippen molar-refractivity contribution in [2.45, 2.75) is 32.2 Å². The normalized spacial score (nSPS) is 17.5. The predicted octanol–water partition coefficient (Wildman–Crippen LogP) is 3.88. The maximum Gasteiger partial charge on any atom is 0.120 e. The maximum atomic E-state index is 5.92. The van der Waals surface area contributed by atoms with Gasteiger partial charge in [-0.1, -0.05) is 23.7 Å². The minimum Gasteiger partial charge on any atom is -0.299 e. The third-order valence-corrected chi connectivity index (χ3v) is 5.05. The highest BCUT2D eigenvalue weighted by atomic mass is 35.5. The van der Waals surface area contributed by atoms with Crippen LogP contribution in [0.3, 0.4) is 0 Å². The van der Waals surface area contributed by atoms with Crippen molar-refractivity contribution in [1.82, 2.24) is 15.1 Å². The van der Waals surface area contributed by atoms with E-state index >= 15 is 0 Å². The van der Waals surface area contributed by atoms with Crippen LogP contribution in [0.25, 0.3) is 0 Å². The van der Waals surface area contributed by atoms with E-state index in [1.807, 2.05) is 19.1 Å². The van der Waals surface area contributed by atoms with Gasteiger partial charge in [-0.2, -0.15) is 0 Å². The molecule has 3 rings (SSSR count). The van der Waals surface area contributed by atoms with Gasteiger partial charge in [-0.25, -0.2) is 0 Å². The Morgan fingerprint density at radius 2 is 1.90 bits per heavy atom. The van der Waals surface area contributed by atoms with Crippen molar-refractivity contribution in [2.24, 2.45) is 0 Å². The molecule has 0 bridgehead atoms. The van der Waals surface area contributed by atoms with E-state index in [0.29, 0.717) is 5.92 Å². The fourth-order valence-electron chi connectivity index (χ4n) is 2.66. The number of hydrogen-bond acceptors (Lipinski definition) is 4. The van der Waals surface area contributed by atoms with Crippen LogP contribution < -0.4 is 0 Å². The molecule has 2 aromatic rings. The van der Waals surface area contributed by atoms with Gasteiger partial charge in [0.15, 0.2) is 0 Å².